The first-order valence-corrected chi connectivity index (χ1v) is 11.6. The van der Waals surface area contributed by atoms with Gasteiger partial charge < -0.3 is 24.3 Å². The maximum Gasteiger partial charge on any atom is 0.261 e. The van der Waals surface area contributed by atoms with Crippen molar-refractivity contribution < 1.29 is 23.8 Å². The molecule has 0 spiro atoms. The van der Waals surface area contributed by atoms with Crippen molar-refractivity contribution in [2.24, 2.45) is 4.99 Å². The number of benzene rings is 3. The minimum atomic E-state index is -0.408. The summed E-state index contributed by atoms with van der Waals surface area (Å²) in [6, 6.07) is 20.3. The summed E-state index contributed by atoms with van der Waals surface area (Å²) in [6.45, 7) is 1.54. The molecule has 3 aromatic carbocycles. The van der Waals surface area contributed by atoms with E-state index in [4.69, 9.17) is 13.9 Å². The molecule has 2 aromatic heterocycles. The van der Waals surface area contributed by atoms with E-state index >= 15 is 0 Å². The molecule has 1 amide bonds. The van der Waals surface area contributed by atoms with Crippen LogP contribution in [0.15, 0.2) is 82.3 Å². The SMILES string of the molecule is COc1cc(N=c2oc3c(C)ncc(CO)c3cc2C(=O)Nc2cccc3ccccc23)cc(OC)c1. The van der Waals surface area contributed by atoms with Crippen molar-refractivity contribution >= 4 is 39.0 Å². The average molecular weight is 496 g/mol. The lowest BCUT2D eigenvalue weighted by molar-refractivity contribution is 0.102. The van der Waals surface area contributed by atoms with Gasteiger partial charge in [0.25, 0.3) is 5.91 Å². The Bertz CT molecular complexity index is 1680. The van der Waals surface area contributed by atoms with Crippen molar-refractivity contribution in [1.82, 2.24) is 4.98 Å². The number of amides is 1. The van der Waals surface area contributed by atoms with E-state index < -0.39 is 5.91 Å². The highest BCUT2D eigenvalue weighted by molar-refractivity contribution is 6.10. The van der Waals surface area contributed by atoms with Crippen LogP contribution >= 0.6 is 0 Å². The van der Waals surface area contributed by atoms with E-state index in [0.29, 0.717) is 45.1 Å². The predicted octanol–water partition coefficient (Wildman–Crippen LogP) is 5.28. The van der Waals surface area contributed by atoms with Gasteiger partial charge >= 0.3 is 0 Å². The van der Waals surface area contributed by atoms with Crippen LogP contribution in [-0.2, 0) is 6.61 Å². The second-order valence-electron chi connectivity index (χ2n) is 8.40. The highest BCUT2D eigenvalue weighted by Gasteiger charge is 2.17. The summed E-state index contributed by atoms with van der Waals surface area (Å²) in [5.74, 6) is 0.677. The number of hydrogen-bond acceptors (Lipinski definition) is 7. The topological polar surface area (TPSA) is 106 Å². The minimum absolute atomic E-state index is 0.0838. The van der Waals surface area contributed by atoms with Gasteiger partial charge in [0, 0.05) is 46.4 Å². The molecule has 5 aromatic rings. The molecule has 0 bridgehead atoms. The number of nitrogens with one attached hydrogen (secondary N) is 1. The normalized spacial score (nSPS) is 11.6. The molecule has 37 heavy (non-hydrogen) atoms. The molecule has 2 heterocycles. The Balaban J connectivity index is 1.72. The smallest absolute Gasteiger partial charge is 0.261 e. The Morgan fingerprint density at radius 3 is 2.46 bits per heavy atom. The van der Waals surface area contributed by atoms with Crippen LogP contribution in [-0.4, -0.2) is 30.2 Å². The van der Waals surface area contributed by atoms with Crippen molar-refractivity contribution in [2.75, 3.05) is 19.5 Å². The van der Waals surface area contributed by atoms with Crippen molar-refractivity contribution in [3.05, 3.63) is 95.3 Å². The fourth-order valence-corrected chi connectivity index (χ4v) is 4.16. The summed E-state index contributed by atoms with van der Waals surface area (Å²) in [6.07, 6.45) is 1.57. The molecular formula is C29H25N3O5. The van der Waals surface area contributed by atoms with Crippen LogP contribution in [0.2, 0.25) is 0 Å². The molecule has 0 fully saturated rings. The molecule has 0 radical (unpaired) electrons. The first-order valence-electron chi connectivity index (χ1n) is 11.6. The molecule has 0 aliphatic carbocycles. The van der Waals surface area contributed by atoms with Gasteiger partial charge in [0.15, 0.2) is 5.58 Å². The van der Waals surface area contributed by atoms with Crippen LogP contribution in [0, 0.1) is 6.92 Å². The highest BCUT2D eigenvalue weighted by Crippen LogP contribution is 2.28. The lowest BCUT2D eigenvalue weighted by Crippen LogP contribution is -2.22. The van der Waals surface area contributed by atoms with Gasteiger partial charge in [0.2, 0.25) is 5.55 Å². The van der Waals surface area contributed by atoms with Crippen LogP contribution in [0.1, 0.15) is 21.6 Å². The number of rotatable bonds is 6. The fourth-order valence-electron chi connectivity index (χ4n) is 4.16. The predicted molar refractivity (Wildman–Crippen MR) is 141 cm³/mol. The van der Waals surface area contributed by atoms with Gasteiger partial charge in [-0.3, -0.25) is 9.78 Å². The number of anilines is 1. The lowest BCUT2D eigenvalue weighted by atomic mass is 10.1. The van der Waals surface area contributed by atoms with E-state index in [2.05, 4.69) is 15.3 Å². The first kappa shape index (κ1) is 24.0. The number of pyridine rings is 1. The maximum absolute atomic E-state index is 13.7. The number of fused-ring (bicyclic) bond motifs is 2. The van der Waals surface area contributed by atoms with Gasteiger partial charge in [-0.2, -0.15) is 0 Å². The molecule has 0 saturated carbocycles. The zero-order chi connectivity index (χ0) is 25.9. The van der Waals surface area contributed by atoms with E-state index in [-0.39, 0.29) is 17.7 Å². The summed E-state index contributed by atoms with van der Waals surface area (Å²) >= 11 is 0. The van der Waals surface area contributed by atoms with Crippen molar-refractivity contribution in [3.8, 4) is 11.5 Å². The van der Waals surface area contributed by atoms with Gasteiger partial charge in [-0.25, -0.2) is 4.99 Å². The van der Waals surface area contributed by atoms with E-state index in [1.165, 1.54) is 0 Å². The summed E-state index contributed by atoms with van der Waals surface area (Å²) in [5.41, 5.74) is 2.99. The van der Waals surface area contributed by atoms with Crippen LogP contribution in [0.3, 0.4) is 0 Å². The van der Waals surface area contributed by atoms with Gasteiger partial charge in [-0.15, -0.1) is 0 Å². The number of nitrogens with zero attached hydrogens (tertiary/aromatic N) is 2. The monoisotopic (exact) mass is 495 g/mol. The van der Waals surface area contributed by atoms with E-state index in [1.54, 1.807) is 51.6 Å². The maximum atomic E-state index is 13.7. The van der Waals surface area contributed by atoms with Gasteiger partial charge in [-0.05, 0) is 24.4 Å². The van der Waals surface area contributed by atoms with Crippen molar-refractivity contribution in [2.45, 2.75) is 13.5 Å². The number of aryl methyl sites for hydroxylation is 1. The first-order chi connectivity index (χ1) is 18.0. The lowest BCUT2D eigenvalue weighted by Gasteiger charge is -2.11. The fraction of sp³-hybridized carbons (Fsp3) is 0.138. The second kappa shape index (κ2) is 10.1. The number of aliphatic hydroxyl groups is 1. The molecule has 0 aliphatic rings. The van der Waals surface area contributed by atoms with E-state index in [1.807, 2.05) is 42.5 Å². The molecule has 8 heteroatoms. The van der Waals surface area contributed by atoms with Crippen LogP contribution < -0.4 is 20.3 Å². The highest BCUT2D eigenvalue weighted by atomic mass is 16.5. The molecular weight excluding hydrogens is 470 g/mol. The van der Waals surface area contributed by atoms with E-state index in [9.17, 15) is 9.90 Å². The molecule has 8 nitrogen and oxygen atoms in total. The molecule has 5 rings (SSSR count). The van der Waals surface area contributed by atoms with Crippen molar-refractivity contribution in [3.63, 3.8) is 0 Å². The largest absolute Gasteiger partial charge is 0.497 e. The third kappa shape index (κ3) is 4.74. The second-order valence-corrected chi connectivity index (χ2v) is 8.40. The minimum Gasteiger partial charge on any atom is -0.497 e. The summed E-state index contributed by atoms with van der Waals surface area (Å²) < 4.78 is 16.9. The van der Waals surface area contributed by atoms with Gasteiger partial charge in [0.05, 0.1) is 32.2 Å². The molecule has 0 saturated heterocycles. The third-order valence-corrected chi connectivity index (χ3v) is 6.07. The van der Waals surface area contributed by atoms with E-state index in [0.717, 1.165) is 10.8 Å². The quantitative estimate of drug-likeness (QED) is 0.332. The number of aliphatic hydroxyl groups excluding tert-OH is 1. The Kier molecular flexibility index (Phi) is 6.57. The Hall–Kier alpha value is -4.69. The number of ether oxygens (including phenoxy) is 2. The Labute approximate surface area is 212 Å². The van der Waals surface area contributed by atoms with Crippen LogP contribution in [0.25, 0.3) is 21.7 Å². The number of carbonyl (C=O) groups is 1. The number of aromatic nitrogens is 1. The average Bonchev–Trinajstić information content (AvgIpc) is 2.93. The zero-order valence-electron chi connectivity index (χ0n) is 20.6. The standard InChI is InChI=1S/C29H25N3O5/c1-17-27-24(19(16-33)15-30-17)14-25(28(34)32-26-10-6-8-18-7-4-5-9-23(18)26)29(37-27)31-20-11-21(35-2)13-22(12-20)36-3/h4-15,33H,16H2,1-3H3,(H,32,34). The molecule has 0 aliphatic heterocycles. The molecule has 2 N–H and O–H groups in total. The van der Waals surface area contributed by atoms with Crippen LogP contribution in [0.5, 0.6) is 11.5 Å². The number of methoxy groups -OCH3 is 2. The van der Waals surface area contributed by atoms with Crippen molar-refractivity contribution in [1.29, 1.82) is 0 Å². The molecule has 0 unspecified atom stereocenters. The molecule has 186 valence electrons. The summed E-state index contributed by atoms with van der Waals surface area (Å²) in [5, 5.41) is 15.4. The van der Waals surface area contributed by atoms with Gasteiger partial charge in [0.1, 0.15) is 17.1 Å². The summed E-state index contributed by atoms with van der Waals surface area (Å²) in [4.78, 5) is 22.7. The van der Waals surface area contributed by atoms with Crippen LogP contribution in [0.4, 0.5) is 11.4 Å². The third-order valence-electron chi connectivity index (χ3n) is 6.07. The zero-order valence-corrected chi connectivity index (χ0v) is 20.6. The van der Waals surface area contributed by atoms with Gasteiger partial charge in [-0.1, -0.05) is 36.4 Å². The number of hydrogen-bond donors (Lipinski definition) is 2. The Morgan fingerprint density at radius 1 is 1.00 bits per heavy atom. The molecule has 0 atom stereocenters. The summed E-state index contributed by atoms with van der Waals surface area (Å²) in [7, 11) is 3.10. The Morgan fingerprint density at radius 2 is 1.73 bits per heavy atom. The number of carbonyl (C=O) groups excluding carboxylic acids is 1.